The quantitative estimate of drug-likeness (QED) is 0.744. The van der Waals surface area contributed by atoms with Gasteiger partial charge in [-0.25, -0.2) is 0 Å². The van der Waals surface area contributed by atoms with E-state index in [9.17, 15) is 0 Å². The number of hydrogen-bond donors (Lipinski definition) is 1. The number of nitrogens with one attached hydrogen (secondary N) is 1. The van der Waals surface area contributed by atoms with E-state index in [-0.39, 0.29) is 0 Å². The number of rotatable bonds is 6. The summed E-state index contributed by atoms with van der Waals surface area (Å²) in [6.45, 7) is 8.18. The van der Waals surface area contributed by atoms with Gasteiger partial charge in [0.15, 0.2) is 0 Å². The topological polar surface area (TPSA) is 15.3 Å². The Morgan fingerprint density at radius 3 is 2.89 bits per heavy atom. The van der Waals surface area contributed by atoms with Crippen LogP contribution in [-0.2, 0) is 6.54 Å². The van der Waals surface area contributed by atoms with Crippen molar-refractivity contribution in [2.24, 2.45) is 5.92 Å². The number of nitrogens with zero attached hydrogens (tertiary/aromatic N) is 1. The zero-order valence-corrected chi connectivity index (χ0v) is 15.4. The monoisotopic (exact) mass is 408 g/mol. The molecule has 1 saturated heterocycles. The lowest BCUT2D eigenvalue weighted by Gasteiger charge is -2.29. The van der Waals surface area contributed by atoms with Crippen LogP contribution in [0.5, 0.6) is 0 Å². The SMILES string of the molecule is CCCN(Cc1cc(Br)c(Br)s1)CC1CCCNC1. The van der Waals surface area contributed by atoms with Crippen molar-refractivity contribution < 1.29 is 0 Å². The number of piperidine rings is 1. The van der Waals surface area contributed by atoms with E-state index in [0.717, 1.165) is 12.5 Å². The fourth-order valence-electron chi connectivity index (χ4n) is 2.69. The van der Waals surface area contributed by atoms with Crippen LogP contribution in [0.25, 0.3) is 0 Å². The average Bonchev–Trinajstić information content (AvgIpc) is 2.70. The van der Waals surface area contributed by atoms with Gasteiger partial charge < -0.3 is 5.32 Å². The molecule has 0 aliphatic carbocycles. The molecule has 2 nitrogen and oxygen atoms in total. The van der Waals surface area contributed by atoms with Crippen LogP contribution in [-0.4, -0.2) is 31.1 Å². The second kappa shape index (κ2) is 8.13. The maximum absolute atomic E-state index is 3.59. The van der Waals surface area contributed by atoms with Crippen LogP contribution >= 0.6 is 43.2 Å². The highest BCUT2D eigenvalue weighted by Crippen LogP contribution is 2.33. The van der Waals surface area contributed by atoms with Gasteiger partial charge >= 0.3 is 0 Å². The molecule has 0 amide bonds. The lowest BCUT2D eigenvalue weighted by Crippen LogP contribution is -2.38. The summed E-state index contributed by atoms with van der Waals surface area (Å²) in [6, 6.07) is 2.25. The summed E-state index contributed by atoms with van der Waals surface area (Å²) < 4.78 is 2.39. The zero-order valence-electron chi connectivity index (χ0n) is 11.4. The first kappa shape index (κ1) is 16.0. The third kappa shape index (κ3) is 5.12. The molecular weight excluding hydrogens is 388 g/mol. The van der Waals surface area contributed by atoms with E-state index >= 15 is 0 Å². The van der Waals surface area contributed by atoms with Gasteiger partial charge in [0.25, 0.3) is 0 Å². The van der Waals surface area contributed by atoms with E-state index in [4.69, 9.17) is 0 Å². The molecular formula is C14H22Br2N2S. The van der Waals surface area contributed by atoms with Crippen LogP contribution in [0, 0.1) is 5.92 Å². The Morgan fingerprint density at radius 2 is 2.32 bits per heavy atom. The molecule has 1 fully saturated rings. The normalized spacial score (nSPS) is 20.1. The Balaban J connectivity index is 1.91. The van der Waals surface area contributed by atoms with Crippen LogP contribution < -0.4 is 5.32 Å². The van der Waals surface area contributed by atoms with Gasteiger partial charge in [-0.1, -0.05) is 6.92 Å². The van der Waals surface area contributed by atoms with Crippen molar-refractivity contribution in [3.8, 4) is 0 Å². The van der Waals surface area contributed by atoms with Crippen LogP contribution in [0.4, 0.5) is 0 Å². The van der Waals surface area contributed by atoms with Crippen molar-refractivity contribution in [2.45, 2.75) is 32.7 Å². The molecule has 2 rings (SSSR count). The van der Waals surface area contributed by atoms with Crippen molar-refractivity contribution in [1.82, 2.24) is 10.2 Å². The molecule has 1 aliphatic heterocycles. The fourth-order valence-corrected chi connectivity index (χ4v) is 4.91. The third-order valence-electron chi connectivity index (χ3n) is 3.53. The van der Waals surface area contributed by atoms with E-state index in [1.54, 1.807) is 0 Å². The molecule has 2 heterocycles. The largest absolute Gasteiger partial charge is 0.316 e. The standard InChI is InChI=1S/C14H22Br2N2S/c1-2-6-18(9-11-4-3-5-17-8-11)10-12-7-13(15)14(16)19-12/h7,11,17H,2-6,8-10H2,1H3. The molecule has 0 radical (unpaired) electrons. The number of hydrogen-bond acceptors (Lipinski definition) is 3. The molecule has 1 aliphatic rings. The van der Waals surface area contributed by atoms with Crippen molar-refractivity contribution in [3.63, 3.8) is 0 Å². The maximum atomic E-state index is 3.59. The van der Waals surface area contributed by atoms with Crippen LogP contribution in [0.3, 0.4) is 0 Å². The van der Waals surface area contributed by atoms with Crippen molar-refractivity contribution >= 4 is 43.2 Å². The smallest absolute Gasteiger partial charge is 0.0843 e. The van der Waals surface area contributed by atoms with E-state index in [1.807, 2.05) is 11.3 Å². The number of thiophene rings is 1. The van der Waals surface area contributed by atoms with Gasteiger partial charge in [-0.15, -0.1) is 11.3 Å². The molecule has 0 spiro atoms. The van der Waals surface area contributed by atoms with E-state index < -0.39 is 0 Å². The summed E-state index contributed by atoms with van der Waals surface area (Å²) in [4.78, 5) is 4.05. The summed E-state index contributed by atoms with van der Waals surface area (Å²) in [5, 5.41) is 3.52. The Hall–Kier alpha value is 0.580. The Bertz CT molecular complexity index is 369. The average molecular weight is 410 g/mol. The summed E-state index contributed by atoms with van der Waals surface area (Å²) in [6.07, 6.45) is 3.94. The molecule has 1 N–H and O–H groups in total. The van der Waals surface area contributed by atoms with E-state index in [0.29, 0.717) is 0 Å². The minimum absolute atomic E-state index is 0.826. The summed E-state index contributed by atoms with van der Waals surface area (Å²) in [5.74, 6) is 0.826. The minimum Gasteiger partial charge on any atom is -0.316 e. The summed E-state index contributed by atoms with van der Waals surface area (Å²) >= 11 is 9.01. The fraction of sp³-hybridized carbons (Fsp3) is 0.714. The third-order valence-corrected chi connectivity index (χ3v) is 6.77. The van der Waals surface area contributed by atoms with Gasteiger partial charge in [0.05, 0.1) is 3.79 Å². The highest BCUT2D eigenvalue weighted by Gasteiger charge is 2.17. The highest BCUT2D eigenvalue weighted by molar-refractivity contribution is 9.13. The van der Waals surface area contributed by atoms with Crippen LogP contribution in [0.2, 0.25) is 0 Å². The molecule has 108 valence electrons. The molecule has 1 atom stereocenters. The molecule has 5 heteroatoms. The Morgan fingerprint density at radius 1 is 1.47 bits per heavy atom. The highest BCUT2D eigenvalue weighted by atomic mass is 79.9. The minimum atomic E-state index is 0.826. The Kier molecular flexibility index (Phi) is 6.83. The molecule has 1 aromatic rings. The van der Waals surface area contributed by atoms with Crippen molar-refractivity contribution in [1.29, 1.82) is 0 Å². The van der Waals surface area contributed by atoms with E-state index in [2.05, 4.69) is 55.1 Å². The second-order valence-corrected chi connectivity index (χ2v) is 8.59. The molecule has 0 saturated carbocycles. The molecule has 0 bridgehead atoms. The maximum Gasteiger partial charge on any atom is 0.0843 e. The van der Waals surface area contributed by atoms with E-state index in [1.165, 1.54) is 58.6 Å². The first-order valence-electron chi connectivity index (χ1n) is 7.05. The van der Waals surface area contributed by atoms with Gasteiger partial charge in [-0.3, -0.25) is 4.90 Å². The number of halogens is 2. The summed E-state index contributed by atoms with van der Waals surface area (Å²) in [7, 11) is 0. The Labute approximate surface area is 137 Å². The lowest BCUT2D eigenvalue weighted by molar-refractivity contribution is 0.203. The van der Waals surface area contributed by atoms with Gasteiger partial charge in [-0.2, -0.15) is 0 Å². The van der Waals surface area contributed by atoms with Gasteiger partial charge in [0.1, 0.15) is 0 Å². The van der Waals surface area contributed by atoms with Gasteiger partial charge in [-0.05, 0) is 82.7 Å². The summed E-state index contributed by atoms with van der Waals surface area (Å²) in [5.41, 5.74) is 0. The molecule has 1 unspecified atom stereocenters. The lowest BCUT2D eigenvalue weighted by atomic mass is 9.99. The van der Waals surface area contributed by atoms with Gasteiger partial charge in [0.2, 0.25) is 0 Å². The second-order valence-electron chi connectivity index (χ2n) is 5.28. The predicted octanol–water partition coefficient (Wildman–Crippen LogP) is 4.48. The zero-order chi connectivity index (χ0) is 13.7. The van der Waals surface area contributed by atoms with Crippen LogP contribution in [0.15, 0.2) is 14.3 Å². The van der Waals surface area contributed by atoms with Gasteiger partial charge in [0, 0.05) is 22.4 Å². The molecule has 1 aromatic heterocycles. The molecule has 19 heavy (non-hydrogen) atoms. The van der Waals surface area contributed by atoms with Crippen molar-refractivity contribution in [2.75, 3.05) is 26.2 Å². The molecule has 0 aromatic carbocycles. The predicted molar refractivity (Wildman–Crippen MR) is 90.9 cm³/mol. The van der Waals surface area contributed by atoms with Crippen molar-refractivity contribution in [3.05, 3.63) is 19.2 Å². The first-order valence-corrected chi connectivity index (χ1v) is 9.46. The van der Waals surface area contributed by atoms with Crippen LogP contribution in [0.1, 0.15) is 31.1 Å². The first-order chi connectivity index (χ1) is 9.19.